The number of aryl methyl sites for hydroxylation is 1. The largest absolute Gasteiger partial charge is 0.294 e. The Labute approximate surface area is 165 Å². The van der Waals surface area contributed by atoms with Crippen LogP contribution in [0.4, 0.5) is 11.4 Å². The third-order valence-electron chi connectivity index (χ3n) is 3.83. The van der Waals surface area contributed by atoms with Gasteiger partial charge in [0.15, 0.2) is 0 Å². The van der Waals surface area contributed by atoms with Crippen LogP contribution in [0.3, 0.4) is 0 Å². The molecule has 0 radical (unpaired) electrons. The molecular formula is C18H15Cl2N5O2. The van der Waals surface area contributed by atoms with Crippen molar-refractivity contribution in [2.45, 2.75) is 13.5 Å². The third-order valence-corrected chi connectivity index (χ3v) is 4.49. The first-order valence-corrected chi connectivity index (χ1v) is 8.71. The van der Waals surface area contributed by atoms with Crippen molar-refractivity contribution in [2.24, 2.45) is 5.10 Å². The van der Waals surface area contributed by atoms with Gasteiger partial charge >= 0.3 is 0 Å². The molecule has 0 aliphatic carbocycles. The van der Waals surface area contributed by atoms with Crippen LogP contribution in [0.25, 0.3) is 0 Å². The van der Waals surface area contributed by atoms with Crippen LogP contribution in [0.2, 0.25) is 10.2 Å². The number of nitro groups is 1. The Morgan fingerprint density at radius 1 is 1.22 bits per heavy atom. The summed E-state index contributed by atoms with van der Waals surface area (Å²) >= 11 is 12.3. The number of hydrazone groups is 1. The second kappa shape index (κ2) is 8.20. The van der Waals surface area contributed by atoms with Crippen LogP contribution in [-0.4, -0.2) is 20.9 Å². The number of aromatic nitrogens is 2. The monoisotopic (exact) mass is 403 g/mol. The quantitative estimate of drug-likeness (QED) is 0.360. The van der Waals surface area contributed by atoms with Gasteiger partial charge in [0.25, 0.3) is 5.69 Å². The minimum absolute atomic E-state index is 0.0593. The van der Waals surface area contributed by atoms with Gasteiger partial charge in [0.2, 0.25) is 0 Å². The van der Waals surface area contributed by atoms with E-state index in [4.69, 9.17) is 23.2 Å². The summed E-state index contributed by atoms with van der Waals surface area (Å²) in [6, 6.07) is 13.7. The molecule has 2 aromatic carbocycles. The van der Waals surface area contributed by atoms with Crippen LogP contribution in [0.15, 0.2) is 53.6 Å². The molecule has 0 spiro atoms. The number of benzene rings is 2. The van der Waals surface area contributed by atoms with Gasteiger partial charge in [-0.15, -0.1) is 0 Å². The summed E-state index contributed by atoms with van der Waals surface area (Å²) in [5, 5.41) is 20.6. The molecule has 0 fully saturated rings. The summed E-state index contributed by atoms with van der Waals surface area (Å²) in [5.74, 6) is 0. The van der Waals surface area contributed by atoms with Crippen molar-refractivity contribution in [1.29, 1.82) is 0 Å². The standard InChI is InChI=1S/C18H15Cl2N5O2/c1-12-15(10-21-22-16-4-2-3-5-17(16)25(26)27)18(20)24(23-12)11-13-6-8-14(19)9-7-13/h2-10,22H,11H2,1H3. The summed E-state index contributed by atoms with van der Waals surface area (Å²) in [5.41, 5.74) is 5.25. The topological polar surface area (TPSA) is 85.3 Å². The van der Waals surface area contributed by atoms with Crippen molar-refractivity contribution in [1.82, 2.24) is 9.78 Å². The summed E-state index contributed by atoms with van der Waals surface area (Å²) < 4.78 is 1.66. The highest BCUT2D eigenvalue weighted by Gasteiger charge is 2.13. The number of nitrogens with zero attached hydrogens (tertiary/aromatic N) is 4. The molecule has 1 heterocycles. The molecule has 0 unspecified atom stereocenters. The van der Waals surface area contributed by atoms with Crippen LogP contribution < -0.4 is 5.43 Å². The number of nitrogens with one attached hydrogen (secondary N) is 1. The molecule has 0 amide bonds. The molecule has 3 aromatic rings. The summed E-state index contributed by atoms with van der Waals surface area (Å²) in [7, 11) is 0. The molecule has 0 saturated heterocycles. The third kappa shape index (κ3) is 4.45. The van der Waals surface area contributed by atoms with Crippen LogP contribution >= 0.6 is 23.2 Å². The van der Waals surface area contributed by atoms with E-state index < -0.39 is 4.92 Å². The van der Waals surface area contributed by atoms with E-state index in [1.54, 1.807) is 35.0 Å². The highest BCUT2D eigenvalue weighted by atomic mass is 35.5. The second-order valence-corrected chi connectivity index (χ2v) is 6.51. The fourth-order valence-corrected chi connectivity index (χ4v) is 2.88. The number of hydrogen-bond acceptors (Lipinski definition) is 5. The lowest BCUT2D eigenvalue weighted by Crippen LogP contribution is -2.02. The smallest absolute Gasteiger partial charge is 0.272 e. The Bertz CT molecular complexity index is 999. The molecule has 1 aromatic heterocycles. The summed E-state index contributed by atoms with van der Waals surface area (Å²) in [6.07, 6.45) is 1.50. The molecule has 0 saturated carbocycles. The van der Waals surface area contributed by atoms with E-state index in [0.717, 1.165) is 5.56 Å². The van der Waals surface area contributed by atoms with E-state index in [0.29, 0.717) is 33.7 Å². The van der Waals surface area contributed by atoms with Crippen molar-refractivity contribution in [3.05, 3.63) is 85.6 Å². The maximum atomic E-state index is 11.0. The molecular weight excluding hydrogens is 389 g/mol. The van der Waals surface area contributed by atoms with Gasteiger partial charge in [0.05, 0.1) is 28.9 Å². The molecule has 138 valence electrons. The minimum Gasteiger partial charge on any atom is -0.272 e. The number of hydrogen-bond donors (Lipinski definition) is 1. The van der Waals surface area contributed by atoms with Gasteiger partial charge < -0.3 is 0 Å². The molecule has 0 aliphatic heterocycles. The first kappa shape index (κ1) is 18.9. The van der Waals surface area contributed by atoms with Gasteiger partial charge in [-0.1, -0.05) is 47.5 Å². The summed E-state index contributed by atoms with van der Waals surface area (Å²) in [6.45, 7) is 2.30. The van der Waals surface area contributed by atoms with Crippen molar-refractivity contribution in [3.8, 4) is 0 Å². The average molecular weight is 404 g/mol. The molecule has 27 heavy (non-hydrogen) atoms. The number of nitro benzene ring substituents is 1. The fourth-order valence-electron chi connectivity index (χ4n) is 2.48. The maximum absolute atomic E-state index is 11.0. The highest BCUT2D eigenvalue weighted by Crippen LogP contribution is 2.24. The average Bonchev–Trinajstić information content (AvgIpc) is 2.91. The first-order valence-electron chi connectivity index (χ1n) is 7.95. The van der Waals surface area contributed by atoms with E-state index in [2.05, 4.69) is 15.6 Å². The van der Waals surface area contributed by atoms with Gasteiger partial charge in [-0.3, -0.25) is 15.5 Å². The Morgan fingerprint density at radius 3 is 2.63 bits per heavy atom. The van der Waals surface area contributed by atoms with Crippen LogP contribution in [0, 0.1) is 17.0 Å². The Balaban J connectivity index is 1.78. The fraction of sp³-hybridized carbons (Fsp3) is 0.111. The molecule has 7 nitrogen and oxygen atoms in total. The summed E-state index contributed by atoms with van der Waals surface area (Å²) in [4.78, 5) is 10.6. The van der Waals surface area contributed by atoms with Gasteiger partial charge in [0, 0.05) is 11.1 Å². The lowest BCUT2D eigenvalue weighted by molar-refractivity contribution is -0.384. The molecule has 1 N–H and O–H groups in total. The van der Waals surface area contributed by atoms with Crippen molar-refractivity contribution in [2.75, 3.05) is 5.43 Å². The van der Waals surface area contributed by atoms with Crippen LogP contribution in [-0.2, 0) is 6.54 Å². The van der Waals surface area contributed by atoms with E-state index in [-0.39, 0.29) is 5.69 Å². The number of rotatable bonds is 6. The zero-order chi connectivity index (χ0) is 19.4. The number of para-hydroxylation sites is 2. The molecule has 0 bridgehead atoms. The SMILES string of the molecule is Cc1nn(Cc2ccc(Cl)cc2)c(Cl)c1C=NNc1ccccc1[N+](=O)[O-]. The lowest BCUT2D eigenvalue weighted by atomic mass is 10.2. The predicted molar refractivity (Wildman–Crippen MR) is 107 cm³/mol. The molecule has 9 heteroatoms. The van der Waals surface area contributed by atoms with E-state index in [9.17, 15) is 10.1 Å². The van der Waals surface area contributed by atoms with Gasteiger partial charge in [-0.05, 0) is 30.7 Å². The Morgan fingerprint density at radius 2 is 1.93 bits per heavy atom. The Kier molecular flexibility index (Phi) is 5.73. The van der Waals surface area contributed by atoms with Crippen LogP contribution in [0.5, 0.6) is 0 Å². The zero-order valence-corrected chi connectivity index (χ0v) is 15.8. The van der Waals surface area contributed by atoms with E-state index in [1.165, 1.54) is 12.3 Å². The van der Waals surface area contributed by atoms with Crippen LogP contribution in [0.1, 0.15) is 16.8 Å². The highest BCUT2D eigenvalue weighted by molar-refractivity contribution is 6.32. The number of anilines is 1. The van der Waals surface area contributed by atoms with E-state index >= 15 is 0 Å². The molecule has 0 aliphatic rings. The van der Waals surface area contributed by atoms with Gasteiger partial charge in [0.1, 0.15) is 10.8 Å². The predicted octanol–water partition coefficient (Wildman–Crippen LogP) is 4.90. The van der Waals surface area contributed by atoms with Crippen molar-refractivity contribution in [3.63, 3.8) is 0 Å². The van der Waals surface area contributed by atoms with Gasteiger partial charge in [-0.25, -0.2) is 4.68 Å². The van der Waals surface area contributed by atoms with Crippen molar-refractivity contribution >= 4 is 40.8 Å². The Hall–Kier alpha value is -2.90. The first-order chi connectivity index (χ1) is 13.0. The maximum Gasteiger partial charge on any atom is 0.294 e. The molecule has 0 atom stereocenters. The lowest BCUT2D eigenvalue weighted by Gasteiger charge is -2.04. The normalized spacial score (nSPS) is 11.1. The minimum atomic E-state index is -0.472. The van der Waals surface area contributed by atoms with E-state index in [1.807, 2.05) is 19.1 Å². The zero-order valence-electron chi connectivity index (χ0n) is 14.3. The molecule has 3 rings (SSSR count). The number of halogens is 2. The van der Waals surface area contributed by atoms with Crippen molar-refractivity contribution < 1.29 is 4.92 Å². The van der Waals surface area contributed by atoms with Gasteiger partial charge in [-0.2, -0.15) is 10.2 Å². The second-order valence-electron chi connectivity index (χ2n) is 5.72.